The highest BCUT2D eigenvalue weighted by molar-refractivity contribution is 7.17. The summed E-state index contributed by atoms with van der Waals surface area (Å²) in [5.74, 6) is -1.56. The molecule has 2 heterocycles. The van der Waals surface area contributed by atoms with Gasteiger partial charge in [-0.3, -0.25) is 19.1 Å². The zero-order valence-corrected chi connectivity index (χ0v) is 21.0. The van der Waals surface area contributed by atoms with E-state index in [1.807, 2.05) is 18.2 Å². The van der Waals surface area contributed by atoms with E-state index in [9.17, 15) is 19.2 Å². The van der Waals surface area contributed by atoms with Gasteiger partial charge in [-0.15, -0.1) is 11.3 Å². The zero-order chi connectivity index (χ0) is 25.3. The minimum atomic E-state index is -1.16. The molecule has 3 aromatic rings. The summed E-state index contributed by atoms with van der Waals surface area (Å²) in [6.07, 6.45) is 2.38. The molecule has 2 aromatic heterocycles. The van der Waals surface area contributed by atoms with Crippen LogP contribution in [-0.4, -0.2) is 33.3 Å². The third-order valence-corrected chi connectivity index (χ3v) is 7.33. The number of thiophene rings is 1. The molecule has 0 fully saturated rings. The van der Waals surface area contributed by atoms with Gasteiger partial charge in [0.05, 0.1) is 16.9 Å². The summed E-state index contributed by atoms with van der Waals surface area (Å²) in [6, 6.07) is 9.09. The molecule has 1 atom stereocenters. The number of hydrogen-bond acceptors (Lipinski definition) is 6. The van der Waals surface area contributed by atoms with Gasteiger partial charge in [0, 0.05) is 18.8 Å². The molecule has 0 unspecified atom stereocenters. The molecule has 0 aliphatic heterocycles. The number of anilines is 2. The van der Waals surface area contributed by atoms with Crippen molar-refractivity contribution in [2.24, 2.45) is 7.05 Å². The number of benzene rings is 1. The van der Waals surface area contributed by atoms with Crippen molar-refractivity contribution in [2.45, 2.75) is 52.6 Å². The van der Waals surface area contributed by atoms with Gasteiger partial charge in [0.25, 0.3) is 11.5 Å². The minimum absolute atomic E-state index is 0.121. The Morgan fingerprint density at radius 1 is 1.09 bits per heavy atom. The second-order valence-corrected chi connectivity index (χ2v) is 9.67. The van der Waals surface area contributed by atoms with E-state index in [4.69, 9.17) is 4.74 Å². The van der Waals surface area contributed by atoms with Crippen molar-refractivity contribution in [3.05, 3.63) is 62.4 Å². The monoisotopic (exact) mass is 496 g/mol. The fourth-order valence-corrected chi connectivity index (χ4v) is 5.56. The summed E-state index contributed by atoms with van der Waals surface area (Å²) >= 11 is 1.38. The van der Waals surface area contributed by atoms with Crippen LogP contribution in [0.2, 0.25) is 0 Å². The van der Waals surface area contributed by atoms with Crippen LogP contribution in [0, 0.1) is 6.92 Å². The molecule has 35 heavy (non-hydrogen) atoms. The van der Waals surface area contributed by atoms with E-state index in [1.165, 1.54) is 29.9 Å². The molecule has 184 valence electrons. The third-order valence-electron chi connectivity index (χ3n) is 6.12. The van der Waals surface area contributed by atoms with Crippen LogP contribution in [0.25, 0.3) is 5.69 Å². The quantitative estimate of drug-likeness (QED) is 0.507. The van der Waals surface area contributed by atoms with Crippen molar-refractivity contribution < 1.29 is 19.1 Å². The fraction of sp³-hybridized carbons (Fsp3) is 0.360. The molecule has 9 nitrogen and oxygen atoms in total. The maximum Gasteiger partial charge on any atom is 0.342 e. The first-order valence-electron chi connectivity index (χ1n) is 11.5. The van der Waals surface area contributed by atoms with Crippen molar-refractivity contribution in [2.75, 3.05) is 10.6 Å². The molecule has 4 rings (SSSR count). The molecule has 1 aliphatic carbocycles. The summed E-state index contributed by atoms with van der Waals surface area (Å²) in [4.78, 5) is 51.8. The van der Waals surface area contributed by atoms with E-state index in [0.29, 0.717) is 21.9 Å². The normalized spacial score (nSPS) is 13.6. The van der Waals surface area contributed by atoms with Crippen LogP contribution in [0.15, 0.2) is 35.1 Å². The van der Waals surface area contributed by atoms with E-state index in [-0.39, 0.29) is 17.2 Å². The van der Waals surface area contributed by atoms with Gasteiger partial charge in [-0.25, -0.2) is 9.48 Å². The number of para-hydroxylation sites is 1. The average Bonchev–Trinajstić information content (AvgIpc) is 3.28. The first-order chi connectivity index (χ1) is 16.7. The topological polar surface area (TPSA) is 111 Å². The number of esters is 1. The van der Waals surface area contributed by atoms with Crippen molar-refractivity contribution in [3.63, 3.8) is 0 Å². The number of carbonyl (C=O) groups excluding carboxylic acids is 3. The average molecular weight is 497 g/mol. The molecule has 0 spiro atoms. The van der Waals surface area contributed by atoms with Gasteiger partial charge >= 0.3 is 5.97 Å². The van der Waals surface area contributed by atoms with Crippen LogP contribution in [0.5, 0.6) is 0 Å². The number of ether oxygens (including phenoxy) is 1. The fourth-order valence-electron chi connectivity index (χ4n) is 4.24. The number of nitrogens with one attached hydrogen (secondary N) is 2. The molecule has 0 bridgehead atoms. The molecule has 10 heteroatoms. The third kappa shape index (κ3) is 4.79. The Hall–Kier alpha value is -3.66. The van der Waals surface area contributed by atoms with Crippen molar-refractivity contribution >= 4 is 39.8 Å². The molecule has 2 amide bonds. The predicted octanol–water partition coefficient (Wildman–Crippen LogP) is 3.57. The predicted molar refractivity (Wildman–Crippen MR) is 135 cm³/mol. The minimum Gasteiger partial charge on any atom is -0.449 e. The van der Waals surface area contributed by atoms with Crippen molar-refractivity contribution in [1.82, 2.24) is 9.36 Å². The molecule has 1 aliphatic rings. The number of carbonyl (C=O) groups is 3. The van der Waals surface area contributed by atoms with Crippen LogP contribution < -0.4 is 16.2 Å². The van der Waals surface area contributed by atoms with Gasteiger partial charge in [0.15, 0.2) is 6.10 Å². The Labute approximate surface area is 206 Å². The van der Waals surface area contributed by atoms with Crippen LogP contribution >= 0.6 is 11.3 Å². The number of nitrogens with zero attached hydrogens (tertiary/aromatic N) is 2. The van der Waals surface area contributed by atoms with E-state index in [0.717, 1.165) is 36.1 Å². The number of fused-ring (bicyclic) bond motifs is 1. The lowest BCUT2D eigenvalue weighted by molar-refractivity contribution is -0.123. The largest absolute Gasteiger partial charge is 0.449 e. The Kier molecular flexibility index (Phi) is 6.93. The summed E-state index contributed by atoms with van der Waals surface area (Å²) in [7, 11) is 1.73. The second kappa shape index (κ2) is 9.91. The van der Waals surface area contributed by atoms with Gasteiger partial charge in [-0.2, -0.15) is 0 Å². The summed E-state index contributed by atoms with van der Waals surface area (Å²) < 4.78 is 8.62. The first kappa shape index (κ1) is 24.5. The summed E-state index contributed by atoms with van der Waals surface area (Å²) in [5.41, 5.74) is 2.16. The summed E-state index contributed by atoms with van der Waals surface area (Å²) in [5, 5.41) is 5.81. The Balaban J connectivity index is 1.55. The Bertz CT molecular complexity index is 1350. The maximum atomic E-state index is 13.1. The SMILES string of the molecule is CC(=O)Nc1sc2c(c1C(=O)O[C@@H](C)C(=O)Nc1c(C)n(C)n(-c3ccccc3)c1=O)CCCC2. The van der Waals surface area contributed by atoms with Crippen molar-refractivity contribution in [1.29, 1.82) is 0 Å². The standard InChI is InChI=1S/C25H28N4O5S/c1-14-21(24(32)29(28(14)4)17-10-6-5-7-11-17)27-22(31)15(2)34-25(33)20-18-12-8-9-13-19(18)35-23(20)26-16(3)30/h5-7,10-11,15H,8-9,12-13H2,1-4H3,(H,26,30)(H,27,31)/t15-/m0/s1. The van der Waals surface area contributed by atoms with Gasteiger partial charge in [-0.05, 0) is 57.2 Å². The highest BCUT2D eigenvalue weighted by Crippen LogP contribution is 2.38. The maximum absolute atomic E-state index is 13.1. The molecule has 0 saturated heterocycles. The van der Waals surface area contributed by atoms with E-state index >= 15 is 0 Å². The van der Waals surface area contributed by atoms with E-state index < -0.39 is 18.0 Å². The molecule has 0 saturated carbocycles. The molecule has 0 radical (unpaired) electrons. The van der Waals surface area contributed by atoms with Gasteiger partial charge in [0.2, 0.25) is 5.91 Å². The van der Waals surface area contributed by atoms with E-state index in [2.05, 4.69) is 10.6 Å². The number of rotatable bonds is 6. The Morgan fingerprint density at radius 3 is 2.46 bits per heavy atom. The van der Waals surface area contributed by atoms with E-state index in [1.54, 1.807) is 30.8 Å². The van der Waals surface area contributed by atoms with Gasteiger partial charge in [-0.1, -0.05) is 18.2 Å². The Morgan fingerprint density at radius 2 is 1.77 bits per heavy atom. The van der Waals surface area contributed by atoms with Crippen LogP contribution in [0.4, 0.5) is 10.7 Å². The molecule has 1 aromatic carbocycles. The zero-order valence-electron chi connectivity index (χ0n) is 20.1. The lowest BCUT2D eigenvalue weighted by Crippen LogP contribution is -2.32. The van der Waals surface area contributed by atoms with Crippen molar-refractivity contribution in [3.8, 4) is 5.69 Å². The lowest BCUT2D eigenvalue weighted by atomic mass is 9.95. The number of aromatic nitrogens is 2. The highest BCUT2D eigenvalue weighted by Gasteiger charge is 2.30. The molecular formula is C25H28N4O5S. The second-order valence-electron chi connectivity index (χ2n) is 8.57. The number of aryl methyl sites for hydroxylation is 1. The van der Waals surface area contributed by atoms with Crippen LogP contribution in [-0.2, 0) is 34.2 Å². The lowest BCUT2D eigenvalue weighted by Gasteiger charge is -2.16. The van der Waals surface area contributed by atoms with Crippen LogP contribution in [0.1, 0.15) is 53.2 Å². The highest BCUT2D eigenvalue weighted by atomic mass is 32.1. The first-order valence-corrected chi connectivity index (χ1v) is 12.3. The van der Waals surface area contributed by atoms with Gasteiger partial charge < -0.3 is 15.4 Å². The molecular weight excluding hydrogens is 468 g/mol. The number of hydrogen-bond donors (Lipinski definition) is 2. The van der Waals surface area contributed by atoms with Gasteiger partial charge in [0.1, 0.15) is 10.7 Å². The summed E-state index contributed by atoms with van der Waals surface area (Å²) in [6.45, 7) is 4.57. The number of amides is 2. The molecule has 2 N–H and O–H groups in total. The smallest absolute Gasteiger partial charge is 0.342 e. The van der Waals surface area contributed by atoms with Crippen LogP contribution in [0.3, 0.4) is 0 Å².